The number of nitrogens with one attached hydrogen (secondary N) is 1. The number of sulfone groups is 1. The van der Waals surface area contributed by atoms with E-state index >= 15 is 0 Å². The van der Waals surface area contributed by atoms with E-state index in [1.54, 1.807) is 12.2 Å². The van der Waals surface area contributed by atoms with Gasteiger partial charge in [0, 0.05) is 18.3 Å². The number of nitrogens with zero attached hydrogens (tertiary/aromatic N) is 2. The summed E-state index contributed by atoms with van der Waals surface area (Å²) in [5.74, 6) is -1.03. The van der Waals surface area contributed by atoms with Crippen molar-refractivity contribution in [3.63, 3.8) is 0 Å². The average Bonchev–Trinajstić information content (AvgIpc) is 3.45. The summed E-state index contributed by atoms with van der Waals surface area (Å²) >= 11 is 6.17. The van der Waals surface area contributed by atoms with Gasteiger partial charge in [-0.1, -0.05) is 30.2 Å². The molecule has 0 spiro atoms. The minimum Gasteiger partial charge on any atom is -0.352 e. The summed E-state index contributed by atoms with van der Waals surface area (Å²) in [5.41, 5.74) is 0.0658. The van der Waals surface area contributed by atoms with Crippen LogP contribution in [0.1, 0.15) is 43.2 Å². The quantitative estimate of drug-likeness (QED) is 0.591. The molecule has 1 saturated carbocycles. The molecule has 0 radical (unpaired) electrons. The van der Waals surface area contributed by atoms with Crippen molar-refractivity contribution < 1.29 is 26.4 Å². The number of amides is 1. The molecule has 4 rings (SSSR count). The lowest BCUT2D eigenvalue weighted by Gasteiger charge is -2.21. The highest BCUT2D eigenvalue weighted by atomic mass is 35.5. The summed E-state index contributed by atoms with van der Waals surface area (Å²) in [4.78, 5) is 13.2. The molecule has 2 aromatic rings. The average molecular weight is 514 g/mol. The van der Waals surface area contributed by atoms with E-state index < -0.39 is 32.7 Å². The number of rotatable bonds is 6. The SMILES string of the molecule is O=C(NCc1cn(-c2ccc(C(F)(F)F)cc2)nc1Cl)[C@@H]1CCC[C@@H]1S(=O)(=O)C1=CCCC=C1. The van der Waals surface area contributed by atoms with E-state index in [4.69, 9.17) is 11.6 Å². The predicted octanol–water partition coefficient (Wildman–Crippen LogP) is 4.98. The first kappa shape index (κ1) is 24.5. The second kappa shape index (κ2) is 9.58. The Labute approximate surface area is 200 Å². The molecule has 34 heavy (non-hydrogen) atoms. The summed E-state index contributed by atoms with van der Waals surface area (Å²) in [6.07, 6.45) is 5.24. The first-order chi connectivity index (χ1) is 16.1. The van der Waals surface area contributed by atoms with Crippen molar-refractivity contribution in [2.24, 2.45) is 5.92 Å². The van der Waals surface area contributed by atoms with Gasteiger partial charge in [-0.2, -0.15) is 18.3 Å². The Balaban J connectivity index is 1.43. The molecule has 1 amide bonds. The third kappa shape index (κ3) is 5.07. The Morgan fingerprint density at radius 1 is 1.18 bits per heavy atom. The van der Waals surface area contributed by atoms with Gasteiger partial charge in [0.05, 0.1) is 27.3 Å². The van der Waals surface area contributed by atoms with Crippen LogP contribution in [0.4, 0.5) is 13.2 Å². The molecule has 0 bridgehead atoms. The predicted molar refractivity (Wildman–Crippen MR) is 122 cm³/mol. The summed E-state index contributed by atoms with van der Waals surface area (Å²) in [6, 6.07) is 4.45. The van der Waals surface area contributed by atoms with Crippen LogP contribution in [-0.4, -0.2) is 29.4 Å². The number of aromatic nitrogens is 2. The molecule has 0 saturated heterocycles. The molecule has 6 nitrogen and oxygen atoms in total. The Kier molecular flexibility index (Phi) is 6.91. The van der Waals surface area contributed by atoms with Crippen molar-refractivity contribution in [2.45, 2.75) is 50.1 Å². The zero-order chi connectivity index (χ0) is 24.5. The van der Waals surface area contributed by atoms with Crippen LogP contribution >= 0.6 is 11.6 Å². The minimum atomic E-state index is -4.44. The Morgan fingerprint density at radius 2 is 1.91 bits per heavy atom. The molecule has 11 heteroatoms. The molecule has 1 aromatic heterocycles. The Bertz CT molecular complexity index is 1230. The van der Waals surface area contributed by atoms with E-state index in [9.17, 15) is 26.4 Å². The lowest BCUT2D eigenvalue weighted by atomic mass is 10.1. The van der Waals surface area contributed by atoms with Crippen LogP contribution in [0.3, 0.4) is 0 Å². The molecule has 2 aliphatic rings. The number of halogens is 4. The van der Waals surface area contributed by atoms with Crippen molar-refractivity contribution in [2.75, 3.05) is 0 Å². The molecule has 182 valence electrons. The third-order valence-corrected chi connectivity index (χ3v) is 8.77. The number of alkyl halides is 3. The molecular weight excluding hydrogens is 491 g/mol. The van der Waals surface area contributed by atoms with Crippen LogP contribution in [0.25, 0.3) is 5.69 Å². The summed E-state index contributed by atoms with van der Waals surface area (Å²) in [6.45, 7) is 0.0180. The van der Waals surface area contributed by atoms with E-state index in [-0.39, 0.29) is 22.5 Å². The molecule has 1 heterocycles. The van der Waals surface area contributed by atoms with Gasteiger partial charge in [-0.3, -0.25) is 4.79 Å². The van der Waals surface area contributed by atoms with Gasteiger partial charge in [-0.25, -0.2) is 13.1 Å². The number of carbonyl (C=O) groups is 1. The first-order valence-electron chi connectivity index (χ1n) is 10.9. The van der Waals surface area contributed by atoms with E-state index in [1.165, 1.54) is 23.0 Å². The maximum atomic E-state index is 13.1. The third-order valence-electron chi connectivity index (χ3n) is 6.13. The lowest BCUT2D eigenvalue weighted by Crippen LogP contribution is -2.38. The van der Waals surface area contributed by atoms with E-state index in [0.29, 0.717) is 36.9 Å². The second-order valence-corrected chi connectivity index (χ2v) is 10.9. The van der Waals surface area contributed by atoms with Crippen LogP contribution < -0.4 is 5.32 Å². The second-order valence-electron chi connectivity index (χ2n) is 8.36. The fraction of sp³-hybridized carbons (Fsp3) is 0.391. The van der Waals surface area contributed by atoms with Gasteiger partial charge < -0.3 is 5.32 Å². The molecule has 1 fully saturated rings. The van der Waals surface area contributed by atoms with Crippen LogP contribution in [-0.2, 0) is 27.4 Å². The van der Waals surface area contributed by atoms with Crippen molar-refractivity contribution in [1.29, 1.82) is 0 Å². The smallest absolute Gasteiger partial charge is 0.352 e. The monoisotopic (exact) mass is 513 g/mol. The number of allylic oxidation sites excluding steroid dienone is 3. The van der Waals surface area contributed by atoms with E-state index in [2.05, 4.69) is 10.4 Å². The Morgan fingerprint density at radius 3 is 2.56 bits per heavy atom. The minimum absolute atomic E-state index is 0.0180. The summed E-state index contributed by atoms with van der Waals surface area (Å²) in [5, 5.41) is 6.17. The summed E-state index contributed by atoms with van der Waals surface area (Å²) in [7, 11) is -3.60. The summed E-state index contributed by atoms with van der Waals surface area (Å²) < 4.78 is 65.8. The highest BCUT2D eigenvalue weighted by Crippen LogP contribution is 2.36. The number of carbonyl (C=O) groups excluding carboxylic acids is 1. The van der Waals surface area contributed by atoms with Crippen molar-refractivity contribution >= 4 is 27.3 Å². The number of benzene rings is 1. The molecule has 0 aliphatic heterocycles. The standard InChI is InChI=1S/C23H23ClF3N3O3S/c24-21-15(14-30(29-21)17-11-9-16(10-12-17)23(25,26)27)13-28-22(31)19-7-4-8-20(19)34(32,33)18-5-2-1-3-6-18/h2,5-6,9-12,14,19-20H,1,3-4,7-8,13H2,(H,28,31)/t19-,20+/m1/s1. The molecule has 2 aliphatic carbocycles. The van der Waals surface area contributed by atoms with Gasteiger partial charge in [0.25, 0.3) is 0 Å². The zero-order valence-electron chi connectivity index (χ0n) is 18.1. The molecule has 1 N–H and O–H groups in total. The van der Waals surface area contributed by atoms with Gasteiger partial charge in [0.2, 0.25) is 5.91 Å². The number of hydrogen-bond donors (Lipinski definition) is 1. The van der Waals surface area contributed by atoms with Crippen molar-refractivity contribution in [3.8, 4) is 5.69 Å². The van der Waals surface area contributed by atoms with E-state index in [0.717, 1.165) is 18.6 Å². The van der Waals surface area contributed by atoms with Crippen LogP contribution in [0.5, 0.6) is 0 Å². The highest BCUT2D eigenvalue weighted by Gasteiger charge is 2.42. The topological polar surface area (TPSA) is 81.1 Å². The van der Waals surface area contributed by atoms with Gasteiger partial charge >= 0.3 is 6.18 Å². The maximum Gasteiger partial charge on any atom is 0.416 e. The fourth-order valence-corrected chi connectivity index (χ4v) is 6.68. The largest absolute Gasteiger partial charge is 0.416 e. The van der Waals surface area contributed by atoms with Crippen LogP contribution in [0, 0.1) is 5.92 Å². The lowest BCUT2D eigenvalue weighted by molar-refractivity contribution is -0.137. The van der Waals surface area contributed by atoms with E-state index in [1.807, 2.05) is 6.08 Å². The molecule has 0 unspecified atom stereocenters. The zero-order valence-corrected chi connectivity index (χ0v) is 19.6. The Hall–Kier alpha value is -2.59. The van der Waals surface area contributed by atoms with Crippen LogP contribution in [0.15, 0.2) is 53.6 Å². The molecule has 2 atom stereocenters. The molecule has 1 aromatic carbocycles. The number of hydrogen-bond acceptors (Lipinski definition) is 4. The van der Waals surface area contributed by atoms with Gasteiger partial charge in [-0.05, 0) is 56.0 Å². The van der Waals surface area contributed by atoms with Crippen LogP contribution in [0.2, 0.25) is 5.15 Å². The van der Waals surface area contributed by atoms with Gasteiger partial charge in [0.15, 0.2) is 15.0 Å². The first-order valence-corrected chi connectivity index (χ1v) is 12.8. The van der Waals surface area contributed by atoms with Crippen molar-refractivity contribution in [1.82, 2.24) is 15.1 Å². The normalized spacial score (nSPS) is 20.9. The van der Waals surface area contributed by atoms with Crippen molar-refractivity contribution in [3.05, 3.63) is 69.9 Å². The van der Waals surface area contributed by atoms with Gasteiger partial charge in [0.1, 0.15) is 0 Å². The fourth-order valence-electron chi connectivity index (χ4n) is 4.33. The molecular formula is C23H23ClF3N3O3S. The highest BCUT2D eigenvalue weighted by molar-refractivity contribution is 7.96. The maximum absolute atomic E-state index is 13.1. The van der Waals surface area contributed by atoms with Gasteiger partial charge in [-0.15, -0.1) is 0 Å².